The maximum Gasteiger partial charge on any atom is 0.234 e. The maximum absolute atomic E-state index is 13.5. The van der Waals surface area contributed by atoms with Crippen LogP contribution in [0.15, 0.2) is 48.5 Å². The van der Waals surface area contributed by atoms with E-state index in [2.05, 4.69) is 10.6 Å². The van der Waals surface area contributed by atoms with Gasteiger partial charge in [0.15, 0.2) is 0 Å². The van der Waals surface area contributed by atoms with Crippen LogP contribution in [0.2, 0.25) is 0 Å². The summed E-state index contributed by atoms with van der Waals surface area (Å²) in [5.41, 5.74) is 0.894. The second-order valence-corrected chi connectivity index (χ2v) is 6.65. The van der Waals surface area contributed by atoms with Gasteiger partial charge in [-0.05, 0) is 37.3 Å². The molecule has 2 aromatic carbocycles. The Balaban J connectivity index is 1.74. The van der Waals surface area contributed by atoms with Crippen LogP contribution in [0, 0.1) is 11.6 Å². The van der Waals surface area contributed by atoms with Crippen molar-refractivity contribution in [2.24, 2.45) is 0 Å². The number of thioether (sulfide) groups is 1. The van der Waals surface area contributed by atoms with Gasteiger partial charge in [-0.15, -0.1) is 11.8 Å². The Bertz CT molecular complexity index is 738. The van der Waals surface area contributed by atoms with Gasteiger partial charge in [-0.2, -0.15) is 0 Å². The van der Waals surface area contributed by atoms with Gasteiger partial charge in [0, 0.05) is 17.8 Å². The normalized spacial score (nSPS) is 11.6. The zero-order valence-corrected chi connectivity index (χ0v) is 14.4. The number of benzene rings is 2. The van der Waals surface area contributed by atoms with E-state index in [-0.39, 0.29) is 35.7 Å². The van der Waals surface area contributed by atoms with Crippen LogP contribution in [0.5, 0.6) is 0 Å². The molecule has 2 aromatic rings. The van der Waals surface area contributed by atoms with Gasteiger partial charge in [0.2, 0.25) is 11.8 Å². The van der Waals surface area contributed by atoms with Crippen LogP contribution >= 0.6 is 11.8 Å². The van der Waals surface area contributed by atoms with Crippen molar-refractivity contribution in [3.05, 3.63) is 65.7 Å². The van der Waals surface area contributed by atoms with E-state index in [4.69, 9.17) is 0 Å². The van der Waals surface area contributed by atoms with Crippen molar-refractivity contribution in [1.82, 2.24) is 5.32 Å². The molecule has 0 spiro atoms. The average molecular weight is 364 g/mol. The lowest BCUT2D eigenvalue weighted by Gasteiger charge is -2.12. The van der Waals surface area contributed by atoms with E-state index in [1.165, 1.54) is 30.3 Å². The molecule has 25 heavy (non-hydrogen) atoms. The molecule has 0 fully saturated rings. The van der Waals surface area contributed by atoms with Crippen LogP contribution in [0.4, 0.5) is 14.5 Å². The molecule has 0 aliphatic carbocycles. The number of rotatable bonds is 7. The molecule has 0 bridgehead atoms. The fourth-order valence-electron chi connectivity index (χ4n) is 1.97. The van der Waals surface area contributed by atoms with Gasteiger partial charge in [-0.3, -0.25) is 9.59 Å². The molecule has 132 valence electrons. The first-order valence-corrected chi connectivity index (χ1v) is 8.68. The first-order valence-electron chi connectivity index (χ1n) is 7.64. The number of halogens is 2. The number of carbonyl (C=O) groups excluding carboxylic acids is 2. The summed E-state index contributed by atoms with van der Waals surface area (Å²) in [4.78, 5) is 23.8. The summed E-state index contributed by atoms with van der Waals surface area (Å²) in [6.07, 6.45) is 0. The average Bonchev–Trinajstić information content (AvgIpc) is 2.60. The van der Waals surface area contributed by atoms with Crippen molar-refractivity contribution in [1.29, 1.82) is 0 Å². The standard InChI is InChI=1S/C18H18F2N2O2S/c1-12(18(24)21-10-13-4-2-3-5-16(13)20)25-11-17(23)22-15-8-6-14(19)7-9-15/h2-9,12H,10-11H2,1H3,(H,21,24)(H,22,23)/t12-/m0/s1. The molecule has 0 aliphatic rings. The highest BCUT2D eigenvalue weighted by Crippen LogP contribution is 2.13. The number of anilines is 1. The maximum atomic E-state index is 13.5. The third-order valence-electron chi connectivity index (χ3n) is 3.37. The number of nitrogens with one attached hydrogen (secondary N) is 2. The molecule has 0 heterocycles. The SMILES string of the molecule is C[C@H](SCC(=O)Nc1ccc(F)cc1)C(=O)NCc1ccccc1F. The topological polar surface area (TPSA) is 58.2 Å². The zero-order chi connectivity index (χ0) is 18.2. The van der Waals surface area contributed by atoms with E-state index in [1.807, 2.05) is 0 Å². The van der Waals surface area contributed by atoms with E-state index in [0.29, 0.717) is 11.3 Å². The highest BCUT2D eigenvalue weighted by atomic mass is 32.2. The Morgan fingerprint density at radius 1 is 1.08 bits per heavy atom. The molecule has 4 nitrogen and oxygen atoms in total. The van der Waals surface area contributed by atoms with Crippen molar-refractivity contribution in [3.63, 3.8) is 0 Å². The second kappa shape index (κ2) is 9.17. The molecule has 2 rings (SSSR count). The van der Waals surface area contributed by atoms with Crippen molar-refractivity contribution < 1.29 is 18.4 Å². The van der Waals surface area contributed by atoms with E-state index in [9.17, 15) is 18.4 Å². The molecule has 7 heteroatoms. The molecule has 2 N–H and O–H groups in total. The minimum absolute atomic E-state index is 0.0751. The highest BCUT2D eigenvalue weighted by Gasteiger charge is 2.15. The van der Waals surface area contributed by atoms with E-state index in [1.54, 1.807) is 25.1 Å². The molecule has 0 aromatic heterocycles. The fourth-order valence-corrected chi connectivity index (χ4v) is 2.68. The number of hydrogen-bond donors (Lipinski definition) is 2. The van der Waals surface area contributed by atoms with Crippen molar-refractivity contribution in [3.8, 4) is 0 Å². The quantitative estimate of drug-likeness (QED) is 0.792. The summed E-state index contributed by atoms with van der Waals surface area (Å²) < 4.78 is 26.3. The molecule has 0 saturated heterocycles. The van der Waals surface area contributed by atoms with Crippen LogP contribution < -0.4 is 10.6 Å². The van der Waals surface area contributed by atoms with E-state index < -0.39 is 5.25 Å². The predicted molar refractivity (Wildman–Crippen MR) is 95.2 cm³/mol. The van der Waals surface area contributed by atoms with Gasteiger partial charge in [0.05, 0.1) is 11.0 Å². The summed E-state index contributed by atoms with van der Waals surface area (Å²) in [5, 5.41) is 4.80. The molecule has 0 aliphatic heterocycles. The monoisotopic (exact) mass is 364 g/mol. The van der Waals surface area contributed by atoms with Crippen LogP contribution in [-0.2, 0) is 16.1 Å². The predicted octanol–water partition coefficient (Wildman–Crippen LogP) is 3.34. The van der Waals surface area contributed by atoms with Gasteiger partial charge in [-0.1, -0.05) is 18.2 Å². The van der Waals surface area contributed by atoms with E-state index >= 15 is 0 Å². The van der Waals surface area contributed by atoms with Crippen LogP contribution in [0.25, 0.3) is 0 Å². The summed E-state index contributed by atoms with van der Waals surface area (Å²) in [7, 11) is 0. The molecular formula is C18H18F2N2O2S. The van der Waals surface area contributed by atoms with Crippen molar-refractivity contribution in [2.45, 2.75) is 18.7 Å². The Morgan fingerprint density at radius 3 is 2.44 bits per heavy atom. The van der Waals surface area contributed by atoms with Crippen LogP contribution in [0.3, 0.4) is 0 Å². The Hall–Kier alpha value is -2.41. The third-order valence-corrected chi connectivity index (χ3v) is 4.52. The van der Waals surface area contributed by atoms with Gasteiger partial charge in [0.25, 0.3) is 0 Å². The molecule has 2 amide bonds. The Morgan fingerprint density at radius 2 is 1.76 bits per heavy atom. The van der Waals surface area contributed by atoms with Gasteiger partial charge < -0.3 is 10.6 Å². The molecule has 0 radical (unpaired) electrons. The number of amides is 2. The summed E-state index contributed by atoms with van der Waals surface area (Å²) in [6, 6.07) is 11.6. The Kier molecular flexibility index (Phi) is 6.94. The summed E-state index contributed by atoms with van der Waals surface area (Å²) in [6.45, 7) is 1.77. The van der Waals surface area contributed by atoms with Gasteiger partial charge >= 0.3 is 0 Å². The molecule has 0 unspecified atom stereocenters. The fraction of sp³-hybridized carbons (Fsp3) is 0.222. The summed E-state index contributed by atoms with van der Waals surface area (Å²) >= 11 is 1.16. The van der Waals surface area contributed by atoms with Crippen LogP contribution in [0.1, 0.15) is 12.5 Å². The number of hydrogen-bond acceptors (Lipinski definition) is 3. The number of carbonyl (C=O) groups is 2. The molecule has 1 atom stereocenters. The van der Waals surface area contributed by atoms with Gasteiger partial charge in [0.1, 0.15) is 11.6 Å². The first-order chi connectivity index (χ1) is 12.0. The lowest BCUT2D eigenvalue weighted by atomic mass is 10.2. The largest absolute Gasteiger partial charge is 0.351 e. The third kappa shape index (κ3) is 6.19. The minimum atomic E-state index is -0.467. The summed E-state index contributed by atoms with van der Waals surface area (Å²) in [5.74, 6) is -1.24. The smallest absolute Gasteiger partial charge is 0.234 e. The minimum Gasteiger partial charge on any atom is -0.351 e. The zero-order valence-electron chi connectivity index (χ0n) is 13.6. The lowest BCUT2D eigenvalue weighted by Crippen LogP contribution is -2.31. The van der Waals surface area contributed by atoms with Crippen molar-refractivity contribution >= 4 is 29.3 Å². The molecular weight excluding hydrogens is 346 g/mol. The second-order valence-electron chi connectivity index (χ2n) is 5.32. The van der Waals surface area contributed by atoms with Crippen molar-refractivity contribution in [2.75, 3.05) is 11.1 Å². The van der Waals surface area contributed by atoms with Gasteiger partial charge in [-0.25, -0.2) is 8.78 Å². The van der Waals surface area contributed by atoms with E-state index in [0.717, 1.165) is 11.8 Å². The molecule has 0 saturated carbocycles. The lowest BCUT2D eigenvalue weighted by molar-refractivity contribution is -0.120. The van der Waals surface area contributed by atoms with Crippen LogP contribution in [-0.4, -0.2) is 22.8 Å². The Labute approximate surface area is 149 Å². The first kappa shape index (κ1) is 18.9. The highest BCUT2D eigenvalue weighted by molar-refractivity contribution is 8.01.